The molecule has 1 aliphatic rings. The van der Waals surface area contributed by atoms with Gasteiger partial charge in [0, 0.05) is 51.5 Å². The maximum Gasteiger partial charge on any atom is 0.223 e. The van der Waals surface area contributed by atoms with E-state index in [1.54, 1.807) is 7.05 Å². The number of hydrogen-bond donors (Lipinski definition) is 2. The molecule has 1 fully saturated rings. The van der Waals surface area contributed by atoms with Crippen LogP contribution in [0.5, 0.6) is 0 Å². The van der Waals surface area contributed by atoms with Crippen molar-refractivity contribution in [2.24, 2.45) is 16.8 Å². The normalized spacial score (nSPS) is 17.8. The summed E-state index contributed by atoms with van der Waals surface area (Å²) in [7, 11) is 1.80. The van der Waals surface area contributed by atoms with Crippen LogP contribution in [0.3, 0.4) is 0 Å². The van der Waals surface area contributed by atoms with E-state index in [2.05, 4.69) is 71.9 Å². The fourth-order valence-corrected chi connectivity index (χ4v) is 4.22. The minimum absolute atomic E-state index is 0.259. The molecule has 2 aromatic rings. The monoisotopic (exact) mass is 420 g/mol. The Labute approximate surface area is 187 Å². The van der Waals surface area contributed by atoms with Crippen LogP contribution in [0.15, 0.2) is 65.7 Å². The van der Waals surface area contributed by atoms with Gasteiger partial charge in [-0.15, -0.1) is 0 Å². The van der Waals surface area contributed by atoms with Crippen LogP contribution < -0.4 is 10.6 Å². The van der Waals surface area contributed by atoms with Crippen molar-refractivity contribution in [1.29, 1.82) is 0 Å². The predicted octanol–water partition coefficient (Wildman–Crippen LogP) is 3.68. The third-order valence-electron chi connectivity index (χ3n) is 6.11. The second-order valence-corrected chi connectivity index (χ2v) is 8.74. The Kier molecular flexibility index (Phi) is 8.51. The molecule has 166 valence electrons. The number of rotatable bonds is 9. The Balaban J connectivity index is 1.44. The zero-order chi connectivity index (χ0) is 22.1. The Bertz CT molecular complexity index is 835. The van der Waals surface area contributed by atoms with Crippen LogP contribution in [-0.2, 0) is 11.2 Å². The molecule has 31 heavy (non-hydrogen) atoms. The second kappa shape index (κ2) is 11.5. The number of guanidine groups is 1. The molecule has 1 amide bonds. The quantitative estimate of drug-likeness (QED) is 0.481. The summed E-state index contributed by atoms with van der Waals surface area (Å²) in [5.74, 6) is 2.32. The summed E-state index contributed by atoms with van der Waals surface area (Å²) in [5, 5.41) is 6.91. The first-order chi connectivity index (χ1) is 15.1. The summed E-state index contributed by atoms with van der Waals surface area (Å²) in [4.78, 5) is 18.8. The number of likely N-dealkylation sites (tertiary alicyclic amines) is 1. The molecule has 1 saturated heterocycles. The molecule has 1 aliphatic heterocycles. The molecule has 1 heterocycles. The summed E-state index contributed by atoms with van der Waals surface area (Å²) in [6.07, 6.45) is 1.52. The molecule has 2 atom stereocenters. The lowest BCUT2D eigenvalue weighted by Crippen LogP contribution is -2.42. The maximum atomic E-state index is 12.4. The molecule has 0 bridgehead atoms. The number of nitrogens with zero attached hydrogens (tertiary/aromatic N) is 2. The van der Waals surface area contributed by atoms with Crippen molar-refractivity contribution in [2.75, 3.05) is 33.2 Å². The summed E-state index contributed by atoms with van der Waals surface area (Å²) < 4.78 is 0. The Hall–Kier alpha value is -2.82. The van der Waals surface area contributed by atoms with Crippen molar-refractivity contribution >= 4 is 11.9 Å². The van der Waals surface area contributed by atoms with Crippen molar-refractivity contribution < 1.29 is 4.79 Å². The van der Waals surface area contributed by atoms with E-state index in [-0.39, 0.29) is 5.91 Å². The Morgan fingerprint density at radius 2 is 1.74 bits per heavy atom. The van der Waals surface area contributed by atoms with E-state index < -0.39 is 0 Å². The van der Waals surface area contributed by atoms with Gasteiger partial charge in [-0.1, -0.05) is 74.5 Å². The lowest BCUT2D eigenvalue weighted by atomic mass is 9.88. The molecule has 0 spiro atoms. The van der Waals surface area contributed by atoms with Crippen molar-refractivity contribution in [3.8, 4) is 0 Å². The van der Waals surface area contributed by atoms with Crippen LogP contribution in [0.4, 0.5) is 0 Å². The number of aliphatic imine (C=N–C) groups is 1. The van der Waals surface area contributed by atoms with Crippen molar-refractivity contribution in [3.05, 3.63) is 71.8 Å². The van der Waals surface area contributed by atoms with Gasteiger partial charge >= 0.3 is 0 Å². The third kappa shape index (κ3) is 6.84. The highest BCUT2D eigenvalue weighted by molar-refractivity contribution is 5.81. The molecule has 0 aromatic heterocycles. The van der Waals surface area contributed by atoms with Crippen LogP contribution in [0.1, 0.15) is 37.3 Å². The Morgan fingerprint density at radius 3 is 2.39 bits per heavy atom. The minimum Gasteiger partial charge on any atom is -0.356 e. The van der Waals surface area contributed by atoms with Gasteiger partial charge in [-0.25, -0.2) is 0 Å². The predicted molar refractivity (Wildman–Crippen MR) is 128 cm³/mol. The highest BCUT2D eigenvalue weighted by Crippen LogP contribution is 2.23. The van der Waals surface area contributed by atoms with Gasteiger partial charge in [0.05, 0.1) is 0 Å². The summed E-state index contributed by atoms with van der Waals surface area (Å²) in [6, 6.07) is 21.0. The third-order valence-corrected chi connectivity index (χ3v) is 6.11. The topological polar surface area (TPSA) is 56.7 Å². The molecular formula is C26H36N4O. The number of carbonyl (C=O) groups excluding carboxylic acids is 1. The zero-order valence-corrected chi connectivity index (χ0v) is 19.1. The molecule has 2 unspecified atom stereocenters. The number of benzene rings is 2. The lowest BCUT2D eigenvalue weighted by Gasteiger charge is -2.23. The first kappa shape index (κ1) is 22.9. The van der Waals surface area contributed by atoms with Gasteiger partial charge in [0.25, 0.3) is 0 Å². The fraction of sp³-hybridized carbons (Fsp3) is 0.462. The van der Waals surface area contributed by atoms with Crippen LogP contribution >= 0.6 is 0 Å². The average molecular weight is 421 g/mol. The minimum atomic E-state index is 0.259. The van der Waals surface area contributed by atoms with Gasteiger partial charge in [-0.3, -0.25) is 9.79 Å². The number of carbonyl (C=O) groups is 1. The van der Waals surface area contributed by atoms with Crippen molar-refractivity contribution in [1.82, 2.24) is 15.5 Å². The van der Waals surface area contributed by atoms with E-state index in [4.69, 9.17) is 0 Å². The summed E-state index contributed by atoms with van der Waals surface area (Å²) >= 11 is 0. The number of nitrogens with one attached hydrogen (secondary N) is 2. The molecule has 2 aromatic carbocycles. The van der Waals surface area contributed by atoms with E-state index in [1.807, 2.05) is 23.1 Å². The lowest BCUT2D eigenvalue weighted by molar-refractivity contribution is -0.127. The maximum absolute atomic E-state index is 12.4. The van der Waals surface area contributed by atoms with Gasteiger partial charge < -0.3 is 15.5 Å². The summed E-state index contributed by atoms with van der Waals surface area (Å²) in [5.41, 5.74) is 2.62. The van der Waals surface area contributed by atoms with E-state index >= 15 is 0 Å². The van der Waals surface area contributed by atoms with Gasteiger partial charge in [-0.05, 0) is 23.5 Å². The second-order valence-electron chi connectivity index (χ2n) is 8.74. The smallest absolute Gasteiger partial charge is 0.223 e. The standard InChI is InChI=1S/C26H36N4O/c1-20(2)24(23-12-8-5-9-13-23)18-29-26(27-3)28-17-22-16-25(31)30(19-22)15-14-21-10-6-4-7-11-21/h4-13,20,22,24H,14-19H2,1-3H3,(H2,27,28,29). The van der Waals surface area contributed by atoms with Crippen molar-refractivity contribution in [2.45, 2.75) is 32.6 Å². The van der Waals surface area contributed by atoms with Gasteiger partial charge in [0.2, 0.25) is 5.91 Å². The largest absolute Gasteiger partial charge is 0.356 e. The molecular weight excluding hydrogens is 384 g/mol. The van der Waals surface area contributed by atoms with Crippen LogP contribution in [-0.4, -0.2) is 50.0 Å². The van der Waals surface area contributed by atoms with Gasteiger partial charge in [-0.2, -0.15) is 0 Å². The van der Waals surface area contributed by atoms with E-state index in [9.17, 15) is 4.79 Å². The van der Waals surface area contributed by atoms with Gasteiger partial charge in [0.1, 0.15) is 0 Å². The van der Waals surface area contributed by atoms with E-state index in [0.29, 0.717) is 24.2 Å². The molecule has 0 radical (unpaired) electrons. The molecule has 5 heteroatoms. The molecule has 3 rings (SSSR count). The average Bonchev–Trinajstić information content (AvgIpc) is 3.15. The van der Waals surface area contributed by atoms with Crippen molar-refractivity contribution in [3.63, 3.8) is 0 Å². The van der Waals surface area contributed by atoms with E-state index in [1.165, 1.54) is 11.1 Å². The highest BCUT2D eigenvalue weighted by atomic mass is 16.2. The first-order valence-corrected chi connectivity index (χ1v) is 11.4. The number of amides is 1. The molecule has 0 saturated carbocycles. The van der Waals surface area contributed by atoms with Crippen LogP contribution in [0, 0.1) is 11.8 Å². The molecule has 0 aliphatic carbocycles. The summed E-state index contributed by atoms with van der Waals surface area (Å²) in [6.45, 7) is 7.69. The fourth-order valence-electron chi connectivity index (χ4n) is 4.22. The van der Waals surface area contributed by atoms with Crippen LogP contribution in [0.2, 0.25) is 0 Å². The highest BCUT2D eigenvalue weighted by Gasteiger charge is 2.29. The van der Waals surface area contributed by atoms with Gasteiger partial charge in [0.15, 0.2) is 5.96 Å². The first-order valence-electron chi connectivity index (χ1n) is 11.4. The zero-order valence-electron chi connectivity index (χ0n) is 19.1. The van der Waals surface area contributed by atoms with E-state index in [0.717, 1.165) is 38.6 Å². The Morgan fingerprint density at radius 1 is 1.06 bits per heavy atom. The molecule has 5 nitrogen and oxygen atoms in total. The molecule has 2 N–H and O–H groups in total. The SMILES string of the molecule is CN=C(NCC1CC(=O)N(CCc2ccccc2)C1)NCC(c1ccccc1)C(C)C. The number of hydrogen-bond acceptors (Lipinski definition) is 2. The van der Waals surface area contributed by atoms with Crippen LogP contribution in [0.25, 0.3) is 0 Å².